The largest absolute Gasteiger partial charge is 0.481 e. The number of nitrogens with zero attached hydrogens (tertiary/aromatic N) is 1. The number of carboxylic acid groups (broad SMARTS) is 1. The fraction of sp³-hybridized carbons (Fsp3) is 0.300. The van der Waals surface area contributed by atoms with Crippen molar-refractivity contribution >= 4 is 23.3 Å². The average molecular weight is 314 g/mol. The summed E-state index contributed by atoms with van der Waals surface area (Å²) in [6, 6.07) is 3.15. The van der Waals surface area contributed by atoms with Gasteiger partial charge in [0.05, 0.1) is 16.4 Å². The fourth-order valence-electron chi connectivity index (χ4n) is 1.28. The standard InChI is InChI=1S/C10H7ClF3NO5/c11-5-2-1-3-6(15(18)19)9(5)20-7(4-8(16)17)10(12,13)14/h1-3,7H,4H2,(H,16,17). The zero-order valence-corrected chi connectivity index (χ0v) is 10.3. The summed E-state index contributed by atoms with van der Waals surface area (Å²) in [6.45, 7) is 0. The molecule has 0 amide bonds. The first-order valence-electron chi connectivity index (χ1n) is 5.01. The molecule has 0 aliphatic carbocycles. The molecule has 110 valence electrons. The Balaban J connectivity index is 3.17. The smallest absolute Gasteiger partial charge is 0.426 e. The van der Waals surface area contributed by atoms with Gasteiger partial charge < -0.3 is 9.84 Å². The van der Waals surface area contributed by atoms with E-state index in [4.69, 9.17) is 16.7 Å². The fourth-order valence-corrected chi connectivity index (χ4v) is 1.50. The number of carboxylic acids is 1. The van der Waals surface area contributed by atoms with E-state index in [1.807, 2.05) is 0 Å². The number of nitro groups is 1. The minimum atomic E-state index is -5.01. The van der Waals surface area contributed by atoms with Crippen molar-refractivity contribution in [2.75, 3.05) is 0 Å². The van der Waals surface area contributed by atoms with Gasteiger partial charge in [0.2, 0.25) is 11.9 Å². The lowest BCUT2D eigenvalue weighted by molar-refractivity contribution is -0.386. The molecule has 0 aliphatic heterocycles. The van der Waals surface area contributed by atoms with Crippen molar-refractivity contribution < 1.29 is 32.7 Å². The van der Waals surface area contributed by atoms with Gasteiger partial charge in [-0.2, -0.15) is 13.2 Å². The monoisotopic (exact) mass is 313 g/mol. The van der Waals surface area contributed by atoms with Crippen LogP contribution in [-0.4, -0.2) is 28.3 Å². The van der Waals surface area contributed by atoms with E-state index in [1.54, 1.807) is 0 Å². The lowest BCUT2D eigenvalue weighted by Gasteiger charge is -2.20. The molecule has 0 aromatic heterocycles. The summed E-state index contributed by atoms with van der Waals surface area (Å²) >= 11 is 5.56. The zero-order valence-electron chi connectivity index (χ0n) is 9.56. The van der Waals surface area contributed by atoms with Gasteiger partial charge in [-0.1, -0.05) is 17.7 Å². The van der Waals surface area contributed by atoms with E-state index in [-0.39, 0.29) is 0 Å². The van der Waals surface area contributed by atoms with Crippen LogP contribution in [-0.2, 0) is 4.79 Å². The van der Waals surface area contributed by atoms with Crippen molar-refractivity contribution in [2.45, 2.75) is 18.7 Å². The van der Waals surface area contributed by atoms with Crippen molar-refractivity contribution in [3.05, 3.63) is 33.3 Å². The normalized spacial score (nSPS) is 12.8. The number of halogens is 4. The van der Waals surface area contributed by atoms with Crippen LogP contribution in [0.5, 0.6) is 5.75 Å². The molecule has 1 N–H and O–H groups in total. The Morgan fingerprint density at radius 2 is 2.10 bits per heavy atom. The summed E-state index contributed by atoms with van der Waals surface area (Å²) in [4.78, 5) is 20.1. The van der Waals surface area contributed by atoms with Crippen LogP contribution in [0.25, 0.3) is 0 Å². The van der Waals surface area contributed by atoms with Crippen molar-refractivity contribution in [3.63, 3.8) is 0 Å². The second-order valence-electron chi connectivity index (χ2n) is 3.59. The molecule has 1 aromatic rings. The van der Waals surface area contributed by atoms with E-state index < -0.39 is 46.1 Å². The summed E-state index contributed by atoms with van der Waals surface area (Å²) in [5.74, 6) is -2.58. The Bertz CT molecular complexity index is 534. The third-order valence-corrected chi connectivity index (χ3v) is 2.43. The summed E-state index contributed by atoms with van der Waals surface area (Å²) in [5, 5.41) is 18.7. The van der Waals surface area contributed by atoms with Gasteiger partial charge in [0.25, 0.3) is 0 Å². The molecule has 1 rings (SSSR count). The number of hydrogen-bond acceptors (Lipinski definition) is 4. The number of para-hydroxylation sites is 1. The quantitative estimate of drug-likeness (QED) is 0.666. The van der Waals surface area contributed by atoms with E-state index >= 15 is 0 Å². The van der Waals surface area contributed by atoms with Gasteiger partial charge in [0.15, 0.2) is 0 Å². The van der Waals surface area contributed by atoms with Crippen molar-refractivity contribution in [1.29, 1.82) is 0 Å². The highest BCUT2D eigenvalue weighted by Crippen LogP contribution is 2.38. The van der Waals surface area contributed by atoms with Gasteiger partial charge in [0.1, 0.15) is 0 Å². The van der Waals surface area contributed by atoms with Crippen molar-refractivity contribution in [1.82, 2.24) is 0 Å². The van der Waals surface area contributed by atoms with Gasteiger partial charge in [-0.3, -0.25) is 14.9 Å². The third-order valence-electron chi connectivity index (χ3n) is 2.13. The second-order valence-corrected chi connectivity index (χ2v) is 4.00. The molecular formula is C10H7ClF3NO5. The predicted molar refractivity (Wildman–Crippen MR) is 60.8 cm³/mol. The second kappa shape index (κ2) is 5.95. The molecule has 0 spiro atoms. The molecule has 10 heteroatoms. The summed E-state index contributed by atoms with van der Waals surface area (Å²) < 4.78 is 42.3. The maximum Gasteiger partial charge on any atom is 0.426 e. The van der Waals surface area contributed by atoms with E-state index in [1.165, 1.54) is 0 Å². The van der Waals surface area contributed by atoms with Gasteiger partial charge in [-0.15, -0.1) is 0 Å². The number of hydrogen-bond donors (Lipinski definition) is 1. The van der Waals surface area contributed by atoms with Gasteiger partial charge >= 0.3 is 17.8 Å². The average Bonchev–Trinajstić information content (AvgIpc) is 2.28. The zero-order chi connectivity index (χ0) is 15.5. The first-order chi connectivity index (χ1) is 9.12. The molecule has 0 heterocycles. The Morgan fingerprint density at radius 1 is 1.50 bits per heavy atom. The molecular weight excluding hydrogens is 307 g/mol. The topological polar surface area (TPSA) is 89.7 Å². The number of ether oxygens (including phenoxy) is 1. The number of alkyl halides is 3. The number of carbonyl (C=O) groups is 1. The molecule has 0 bridgehead atoms. The molecule has 0 fully saturated rings. The van der Waals surface area contributed by atoms with Crippen LogP contribution in [0.1, 0.15) is 6.42 Å². The highest BCUT2D eigenvalue weighted by Gasteiger charge is 2.44. The van der Waals surface area contributed by atoms with Crippen LogP contribution < -0.4 is 4.74 Å². The molecule has 0 radical (unpaired) electrons. The maximum absolute atomic E-state index is 12.6. The number of benzene rings is 1. The summed E-state index contributed by atoms with van der Waals surface area (Å²) in [7, 11) is 0. The molecule has 0 saturated carbocycles. The number of nitro benzene ring substituents is 1. The van der Waals surface area contributed by atoms with Gasteiger partial charge in [0, 0.05) is 6.07 Å². The Labute approximate surface area is 114 Å². The first kappa shape index (κ1) is 16.0. The molecule has 1 atom stereocenters. The van der Waals surface area contributed by atoms with Gasteiger partial charge in [-0.25, -0.2) is 0 Å². The predicted octanol–water partition coefficient (Wildman–Crippen LogP) is 3.03. The molecule has 0 saturated heterocycles. The van der Waals surface area contributed by atoms with Crippen molar-refractivity contribution in [2.24, 2.45) is 0 Å². The Hall–Kier alpha value is -2.03. The van der Waals surface area contributed by atoms with Crippen molar-refractivity contribution in [3.8, 4) is 5.75 Å². The third kappa shape index (κ3) is 3.98. The van der Waals surface area contributed by atoms with E-state index in [0.29, 0.717) is 0 Å². The van der Waals surface area contributed by atoms with Crippen LogP contribution in [0.15, 0.2) is 18.2 Å². The molecule has 1 aromatic carbocycles. The number of aliphatic carboxylic acids is 1. The summed E-state index contributed by atoms with van der Waals surface area (Å²) in [6.07, 6.45) is -9.14. The molecule has 1 unspecified atom stereocenters. The van der Waals surface area contributed by atoms with Gasteiger partial charge in [-0.05, 0) is 6.07 Å². The highest BCUT2D eigenvalue weighted by molar-refractivity contribution is 6.32. The van der Waals surface area contributed by atoms with Crippen LogP contribution in [0.2, 0.25) is 5.02 Å². The number of rotatable bonds is 5. The Kier molecular flexibility index (Phi) is 4.77. The molecule has 20 heavy (non-hydrogen) atoms. The lowest BCUT2D eigenvalue weighted by atomic mass is 10.2. The maximum atomic E-state index is 12.6. The van der Waals surface area contributed by atoms with Crippen LogP contribution in [0.4, 0.5) is 18.9 Å². The Morgan fingerprint density at radius 3 is 2.55 bits per heavy atom. The van der Waals surface area contributed by atoms with E-state index in [0.717, 1.165) is 18.2 Å². The van der Waals surface area contributed by atoms with E-state index in [2.05, 4.69) is 4.74 Å². The van der Waals surface area contributed by atoms with Crippen LogP contribution >= 0.6 is 11.6 Å². The molecule has 0 aliphatic rings. The van der Waals surface area contributed by atoms with Crippen LogP contribution in [0, 0.1) is 10.1 Å². The summed E-state index contributed by atoms with van der Waals surface area (Å²) in [5.41, 5.74) is -0.780. The van der Waals surface area contributed by atoms with Crippen LogP contribution in [0.3, 0.4) is 0 Å². The molecule has 6 nitrogen and oxygen atoms in total. The lowest BCUT2D eigenvalue weighted by Crippen LogP contribution is -2.36. The SMILES string of the molecule is O=C(O)CC(Oc1c(Cl)cccc1[N+](=O)[O-])C(F)(F)F. The van der Waals surface area contributed by atoms with E-state index in [9.17, 15) is 28.1 Å². The minimum Gasteiger partial charge on any atom is -0.481 e. The highest BCUT2D eigenvalue weighted by atomic mass is 35.5. The minimum absolute atomic E-state index is 0.418. The first-order valence-corrected chi connectivity index (χ1v) is 5.38.